The van der Waals surface area contributed by atoms with Gasteiger partial charge in [-0.2, -0.15) is 0 Å². The van der Waals surface area contributed by atoms with E-state index < -0.39 is 30.6 Å². The molecule has 0 saturated carbocycles. The van der Waals surface area contributed by atoms with Crippen LogP contribution in [0, 0.1) is 5.92 Å². The minimum absolute atomic E-state index is 0.381. The molecular formula is C23H33N3O5. The quantitative estimate of drug-likeness (QED) is 0.419. The normalized spacial score (nSPS) is 20.7. The van der Waals surface area contributed by atoms with Crippen LogP contribution >= 0.6 is 0 Å². The van der Waals surface area contributed by atoms with Crippen molar-refractivity contribution in [1.82, 2.24) is 10.6 Å². The number of anilines is 1. The van der Waals surface area contributed by atoms with Gasteiger partial charge in [-0.15, -0.1) is 0 Å². The molecule has 8 heteroatoms. The zero-order valence-corrected chi connectivity index (χ0v) is 17.9. The molecule has 2 atom stereocenters. The first-order valence-electron chi connectivity index (χ1n) is 11.3. The lowest BCUT2D eigenvalue weighted by Crippen LogP contribution is -2.52. The molecule has 3 rings (SSSR count). The number of hydrogen-bond acceptors (Lipinski definition) is 5. The first kappa shape index (κ1) is 23.2. The van der Waals surface area contributed by atoms with Gasteiger partial charge >= 0.3 is 11.9 Å². The molecule has 2 aliphatic heterocycles. The summed E-state index contributed by atoms with van der Waals surface area (Å²) < 4.78 is 0. The van der Waals surface area contributed by atoms with E-state index in [4.69, 9.17) is 0 Å². The average molecular weight is 432 g/mol. The lowest BCUT2D eigenvalue weighted by atomic mass is 9.91. The Kier molecular flexibility index (Phi) is 8.43. The molecule has 2 heterocycles. The van der Waals surface area contributed by atoms with Crippen LogP contribution in [0.1, 0.15) is 50.5 Å². The third-order valence-corrected chi connectivity index (χ3v) is 6.36. The Morgan fingerprint density at radius 3 is 2.58 bits per heavy atom. The lowest BCUT2D eigenvalue weighted by molar-refractivity contribution is -0.140. The van der Waals surface area contributed by atoms with Crippen molar-refractivity contribution in [3.05, 3.63) is 29.8 Å². The van der Waals surface area contributed by atoms with Crippen LogP contribution in [0.15, 0.2) is 24.3 Å². The summed E-state index contributed by atoms with van der Waals surface area (Å²) in [7, 11) is 0. The Labute approximate surface area is 183 Å². The van der Waals surface area contributed by atoms with E-state index in [9.17, 15) is 24.6 Å². The summed E-state index contributed by atoms with van der Waals surface area (Å²) >= 11 is 0. The van der Waals surface area contributed by atoms with Crippen LogP contribution < -0.4 is 15.5 Å². The molecule has 1 saturated heterocycles. The smallest absolute Gasteiger partial charge is 0.323 e. The molecule has 31 heavy (non-hydrogen) atoms. The molecule has 4 N–H and O–H groups in total. The highest BCUT2D eigenvalue weighted by Crippen LogP contribution is 2.27. The second kappa shape index (κ2) is 11.2. The number of para-hydroxylation sites is 1. The Hall–Kier alpha value is -2.45. The van der Waals surface area contributed by atoms with Gasteiger partial charge in [-0.25, -0.2) is 0 Å². The summed E-state index contributed by atoms with van der Waals surface area (Å²) in [4.78, 5) is 37.6. The van der Waals surface area contributed by atoms with E-state index >= 15 is 0 Å². The SMILES string of the molecule is O=C(O)CN1C(=O)[C@@H](N[C@H](CCCCC2CCNCC2)C(=O)O)CCc2ccccc21. The number of carbonyl (C=O) groups is 3. The number of nitrogens with zero attached hydrogens (tertiary/aromatic N) is 1. The molecule has 0 aromatic heterocycles. The number of carbonyl (C=O) groups excluding carboxylic acids is 1. The maximum atomic E-state index is 13.1. The number of benzene rings is 1. The summed E-state index contributed by atoms with van der Waals surface area (Å²) in [5, 5.41) is 25.4. The first-order chi connectivity index (χ1) is 15.0. The van der Waals surface area contributed by atoms with Gasteiger partial charge in [0.2, 0.25) is 5.91 Å². The number of hydrogen-bond donors (Lipinski definition) is 4. The van der Waals surface area contributed by atoms with Crippen LogP contribution in [-0.2, 0) is 20.8 Å². The Balaban J connectivity index is 1.60. The fourth-order valence-corrected chi connectivity index (χ4v) is 4.64. The second-order valence-electron chi connectivity index (χ2n) is 8.57. The van der Waals surface area contributed by atoms with E-state index in [-0.39, 0.29) is 5.91 Å². The van der Waals surface area contributed by atoms with Crippen LogP contribution in [0.3, 0.4) is 0 Å². The molecule has 1 fully saturated rings. The number of aliphatic carboxylic acids is 2. The summed E-state index contributed by atoms with van der Waals surface area (Å²) in [6.45, 7) is 1.67. The lowest BCUT2D eigenvalue weighted by Gasteiger charge is -2.27. The van der Waals surface area contributed by atoms with Crippen LogP contribution in [0.25, 0.3) is 0 Å². The summed E-state index contributed by atoms with van der Waals surface area (Å²) in [6, 6.07) is 5.71. The molecule has 8 nitrogen and oxygen atoms in total. The van der Waals surface area contributed by atoms with E-state index in [1.807, 2.05) is 12.1 Å². The van der Waals surface area contributed by atoms with Gasteiger partial charge < -0.3 is 15.5 Å². The van der Waals surface area contributed by atoms with Gasteiger partial charge in [-0.1, -0.05) is 37.5 Å². The summed E-state index contributed by atoms with van der Waals surface area (Å²) in [5.41, 5.74) is 1.49. The molecular weight excluding hydrogens is 398 g/mol. The number of rotatable bonds is 10. The Morgan fingerprint density at radius 2 is 1.87 bits per heavy atom. The molecule has 2 aliphatic rings. The maximum absolute atomic E-state index is 13.1. The van der Waals surface area contributed by atoms with Gasteiger partial charge in [-0.3, -0.25) is 24.6 Å². The van der Waals surface area contributed by atoms with Crippen molar-refractivity contribution < 1.29 is 24.6 Å². The highest BCUT2D eigenvalue weighted by atomic mass is 16.4. The van der Waals surface area contributed by atoms with Crippen molar-refractivity contribution in [2.24, 2.45) is 5.92 Å². The molecule has 170 valence electrons. The van der Waals surface area contributed by atoms with Crippen molar-refractivity contribution in [2.45, 2.75) is 63.5 Å². The first-order valence-corrected chi connectivity index (χ1v) is 11.3. The fourth-order valence-electron chi connectivity index (χ4n) is 4.64. The number of carboxylic acid groups (broad SMARTS) is 2. The highest BCUT2D eigenvalue weighted by molar-refractivity contribution is 6.02. The van der Waals surface area contributed by atoms with Crippen molar-refractivity contribution in [2.75, 3.05) is 24.5 Å². The largest absolute Gasteiger partial charge is 0.480 e. The molecule has 1 aromatic rings. The van der Waals surface area contributed by atoms with Crippen molar-refractivity contribution in [1.29, 1.82) is 0 Å². The van der Waals surface area contributed by atoms with E-state index in [2.05, 4.69) is 10.6 Å². The number of fused-ring (bicyclic) bond motifs is 1. The Morgan fingerprint density at radius 1 is 1.13 bits per heavy atom. The van der Waals surface area contributed by atoms with Gasteiger partial charge in [0, 0.05) is 5.69 Å². The predicted octanol–water partition coefficient (Wildman–Crippen LogP) is 2.02. The maximum Gasteiger partial charge on any atom is 0.323 e. The van der Waals surface area contributed by atoms with E-state index in [0.29, 0.717) is 30.9 Å². The topological polar surface area (TPSA) is 119 Å². The van der Waals surface area contributed by atoms with E-state index in [0.717, 1.165) is 37.9 Å². The highest BCUT2D eigenvalue weighted by Gasteiger charge is 2.34. The van der Waals surface area contributed by atoms with Gasteiger partial charge in [0.25, 0.3) is 0 Å². The molecule has 1 aromatic carbocycles. The minimum Gasteiger partial charge on any atom is -0.480 e. The monoisotopic (exact) mass is 431 g/mol. The van der Waals surface area contributed by atoms with Gasteiger partial charge in [0.05, 0.1) is 6.04 Å². The summed E-state index contributed by atoms with van der Waals surface area (Å²) in [6.07, 6.45) is 6.70. The predicted molar refractivity (Wildman–Crippen MR) is 117 cm³/mol. The number of carboxylic acids is 2. The van der Waals surface area contributed by atoms with Gasteiger partial charge in [0.1, 0.15) is 12.6 Å². The zero-order chi connectivity index (χ0) is 22.2. The van der Waals surface area contributed by atoms with Crippen LogP contribution in [0.4, 0.5) is 5.69 Å². The van der Waals surface area contributed by atoms with Crippen LogP contribution in [0.5, 0.6) is 0 Å². The average Bonchev–Trinajstić information content (AvgIpc) is 2.88. The van der Waals surface area contributed by atoms with Crippen molar-refractivity contribution in [3.63, 3.8) is 0 Å². The number of nitrogens with one attached hydrogen (secondary N) is 2. The number of piperidine rings is 1. The molecule has 0 spiro atoms. The second-order valence-corrected chi connectivity index (χ2v) is 8.57. The third kappa shape index (κ3) is 6.51. The van der Waals surface area contributed by atoms with E-state index in [1.54, 1.807) is 12.1 Å². The molecule has 0 unspecified atom stereocenters. The zero-order valence-electron chi connectivity index (χ0n) is 17.9. The molecule has 0 radical (unpaired) electrons. The van der Waals surface area contributed by atoms with Crippen molar-refractivity contribution >= 4 is 23.5 Å². The fraction of sp³-hybridized carbons (Fsp3) is 0.609. The van der Waals surface area contributed by atoms with Gasteiger partial charge in [0.15, 0.2) is 0 Å². The Bertz CT molecular complexity index is 778. The van der Waals surface area contributed by atoms with Gasteiger partial charge in [-0.05, 0) is 62.7 Å². The van der Waals surface area contributed by atoms with Crippen LogP contribution in [-0.4, -0.2) is 59.8 Å². The molecule has 0 aliphatic carbocycles. The van der Waals surface area contributed by atoms with E-state index in [1.165, 1.54) is 17.7 Å². The van der Waals surface area contributed by atoms with Crippen molar-refractivity contribution in [3.8, 4) is 0 Å². The summed E-state index contributed by atoms with van der Waals surface area (Å²) in [5.74, 6) is -1.74. The minimum atomic E-state index is -1.10. The number of unbranched alkanes of at least 4 members (excludes halogenated alkanes) is 1. The number of amides is 1. The third-order valence-electron chi connectivity index (χ3n) is 6.36. The standard InChI is InChI=1S/C23H33N3O5/c27-21(28)15-26-20-8-4-2-6-17(20)9-10-18(22(26)29)25-19(23(30)31)7-3-1-5-16-11-13-24-14-12-16/h2,4,6,8,16,18-19,24-25H,1,3,5,7,9-15H2,(H,27,28)(H,30,31)/t18-,19+/m0/s1. The molecule has 0 bridgehead atoms. The molecule has 1 amide bonds. The van der Waals surface area contributed by atoms with Crippen LogP contribution in [0.2, 0.25) is 0 Å². The number of aryl methyl sites for hydroxylation is 1.